The molecule has 1 aliphatic heterocycles. The molecular formula is C18H25BFeO2-2. The summed E-state index contributed by atoms with van der Waals surface area (Å²) in [4.78, 5) is 0. The van der Waals surface area contributed by atoms with E-state index in [0.29, 0.717) is 5.92 Å². The third kappa shape index (κ3) is 5.14. The molecule has 4 heteroatoms. The number of rotatable bonds is 2. The maximum atomic E-state index is 6.09. The van der Waals surface area contributed by atoms with Gasteiger partial charge in [-0.25, -0.2) is 18.2 Å². The Kier molecular flexibility index (Phi) is 7.65. The Morgan fingerprint density at radius 3 is 2.32 bits per heavy atom. The Morgan fingerprint density at radius 1 is 1.18 bits per heavy atom. The first kappa shape index (κ1) is 19.3. The van der Waals surface area contributed by atoms with Gasteiger partial charge in [0.2, 0.25) is 0 Å². The summed E-state index contributed by atoms with van der Waals surface area (Å²) in [6.07, 6.45) is 0.251. The average Bonchev–Trinajstić information content (AvgIpc) is 3.14. The van der Waals surface area contributed by atoms with Crippen molar-refractivity contribution in [3.63, 3.8) is 0 Å². The maximum absolute atomic E-state index is 6.09. The van der Waals surface area contributed by atoms with E-state index in [4.69, 9.17) is 9.31 Å². The molecule has 2 aromatic rings. The smallest absolute Gasteiger partial charge is 0.406 e. The largest absolute Gasteiger partial charge is 0.418 e. The summed E-state index contributed by atoms with van der Waals surface area (Å²) >= 11 is 0. The van der Waals surface area contributed by atoms with Gasteiger partial charge in [-0.15, -0.1) is 0 Å². The van der Waals surface area contributed by atoms with Crippen LogP contribution in [-0.4, -0.2) is 19.8 Å². The van der Waals surface area contributed by atoms with Gasteiger partial charge in [-0.1, -0.05) is 27.7 Å². The van der Waals surface area contributed by atoms with Crippen molar-refractivity contribution in [2.24, 2.45) is 11.3 Å². The molecule has 0 aliphatic carbocycles. The van der Waals surface area contributed by atoms with E-state index in [0.717, 1.165) is 12.1 Å². The summed E-state index contributed by atoms with van der Waals surface area (Å²) in [5.74, 6) is 0.511. The Bertz CT molecular complexity index is 474. The van der Waals surface area contributed by atoms with Crippen molar-refractivity contribution in [1.29, 1.82) is 0 Å². The van der Waals surface area contributed by atoms with Gasteiger partial charge in [0.1, 0.15) is 0 Å². The Hall–Kier alpha value is -0.796. The van der Waals surface area contributed by atoms with Crippen LogP contribution in [0, 0.1) is 11.3 Å². The minimum Gasteiger partial charge on any atom is -0.418 e. The summed E-state index contributed by atoms with van der Waals surface area (Å²) in [7, 11) is -0.185. The van der Waals surface area contributed by atoms with E-state index >= 15 is 0 Å². The molecule has 0 radical (unpaired) electrons. The van der Waals surface area contributed by atoms with E-state index < -0.39 is 0 Å². The Morgan fingerprint density at radius 2 is 1.86 bits per heavy atom. The summed E-state index contributed by atoms with van der Waals surface area (Å²) in [5.41, 5.74) is 1.22. The third-order valence-corrected chi connectivity index (χ3v) is 3.77. The van der Waals surface area contributed by atoms with Gasteiger partial charge in [-0.05, 0) is 5.92 Å². The molecule has 3 rings (SSSR count). The van der Waals surface area contributed by atoms with Crippen molar-refractivity contribution in [3.8, 4) is 0 Å². The third-order valence-electron chi connectivity index (χ3n) is 3.77. The molecule has 0 spiro atoms. The van der Waals surface area contributed by atoms with Crippen LogP contribution >= 0.6 is 0 Å². The minimum absolute atomic E-state index is 0. The van der Waals surface area contributed by atoms with Gasteiger partial charge >= 0.3 is 7.12 Å². The molecule has 122 valence electrons. The van der Waals surface area contributed by atoms with Gasteiger partial charge in [0.15, 0.2) is 0 Å². The first-order chi connectivity index (χ1) is 10.0. The van der Waals surface area contributed by atoms with Crippen molar-refractivity contribution in [3.05, 3.63) is 54.6 Å². The summed E-state index contributed by atoms with van der Waals surface area (Å²) < 4.78 is 11.9. The standard InChI is InChI=1S/C13H20BO2.C5H5.Fe/c1-10(2)12-13(3,4)9-15-14(16-12)11-7-5-6-8-11;1-2-4-5-3-1;/h5-8,10,12H,9H2,1-4H3;1-5H;/q2*-1;. The topological polar surface area (TPSA) is 18.5 Å². The van der Waals surface area contributed by atoms with Gasteiger partial charge in [-0.2, -0.15) is 41.9 Å². The normalized spacial score (nSPS) is 20.0. The molecule has 1 fully saturated rings. The van der Waals surface area contributed by atoms with Gasteiger partial charge in [0.25, 0.3) is 0 Å². The fourth-order valence-electron chi connectivity index (χ4n) is 2.83. The van der Waals surface area contributed by atoms with Gasteiger partial charge in [0, 0.05) is 29.1 Å². The molecule has 22 heavy (non-hydrogen) atoms. The van der Waals surface area contributed by atoms with Crippen molar-refractivity contribution >= 4 is 12.6 Å². The second-order valence-electron chi connectivity index (χ2n) is 6.61. The fraction of sp³-hybridized carbons (Fsp3) is 0.444. The van der Waals surface area contributed by atoms with Crippen LogP contribution in [0.4, 0.5) is 0 Å². The molecule has 1 heterocycles. The van der Waals surface area contributed by atoms with Crippen LogP contribution in [-0.2, 0) is 26.4 Å². The van der Waals surface area contributed by atoms with Crippen LogP contribution in [0.5, 0.6) is 0 Å². The van der Waals surface area contributed by atoms with Gasteiger partial charge in [-0.3, -0.25) is 0 Å². The zero-order valence-corrected chi connectivity index (χ0v) is 14.9. The predicted molar refractivity (Wildman–Crippen MR) is 88.9 cm³/mol. The van der Waals surface area contributed by atoms with E-state index in [1.54, 1.807) is 0 Å². The van der Waals surface area contributed by atoms with Crippen molar-refractivity contribution in [1.82, 2.24) is 0 Å². The number of hydrogen-bond donors (Lipinski definition) is 0. The second kappa shape index (κ2) is 8.74. The first-order valence-electron chi connectivity index (χ1n) is 7.66. The van der Waals surface area contributed by atoms with Gasteiger partial charge < -0.3 is 9.31 Å². The van der Waals surface area contributed by atoms with E-state index in [-0.39, 0.29) is 35.7 Å². The van der Waals surface area contributed by atoms with Crippen molar-refractivity contribution in [2.75, 3.05) is 6.61 Å². The monoisotopic (exact) mass is 340 g/mol. The molecule has 2 nitrogen and oxygen atoms in total. The van der Waals surface area contributed by atoms with Crippen LogP contribution in [0.1, 0.15) is 27.7 Å². The molecule has 2 aromatic carbocycles. The Labute approximate surface area is 145 Å². The summed E-state index contributed by atoms with van der Waals surface area (Å²) in [6, 6.07) is 18.2. The predicted octanol–water partition coefficient (Wildman–Crippen LogP) is 3.60. The Balaban J connectivity index is 0.000000344. The van der Waals surface area contributed by atoms with Crippen LogP contribution in [0.2, 0.25) is 0 Å². The quantitative estimate of drug-likeness (QED) is 0.614. The first-order valence-corrected chi connectivity index (χ1v) is 7.66. The van der Waals surface area contributed by atoms with E-state index in [1.165, 1.54) is 0 Å². The molecular weight excluding hydrogens is 315 g/mol. The SMILES string of the molecule is CC(C)C1OB(c2cc[cH-]c2)OCC1(C)C.[Fe].c1cc[cH-]c1. The summed E-state index contributed by atoms with van der Waals surface area (Å²) in [6.45, 7) is 9.59. The summed E-state index contributed by atoms with van der Waals surface area (Å²) in [5, 5.41) is 0. The van der Waals surface area contributed by atoms with Crippen LogP contribution in [0.3, 0.4) is 0 Å². The fourth-order valence-corrected chi connectivity index (χ4v) is 2.83. The zero-order valence-electron chi connectivity index (χ0n) is 13.8. The van der Waals surface area contributed by atoms with Crippen molar-refractivity contribution < 1.29 is 26.4 Å². The molecule has 1 saturated heterocycles. The molecule has 0 saturated carbocycles. The minimum atomic E-state index is -0.185. The molecule has 0 N–H and O–H groups in total. The average molecular weight is 340 g/mol. The molecule has 1 aliphatic rings. The van der Waals surface area contributed by atoms with E-state index in [9.17, 15) is 0 Å². The van der Waals surface area contributed by atoms with Crippen LogP contribution in [0.15, 0.2) is 54.6 Å². The molecule has 0 aromatic heterocycles. The van der Waals surface area contributed by atoms with Crippen LogP contribution < -0.4 is 5.46 Å². The van der Waals surface area contributed by atoms with Crippen LogP contribution in [0.25, 0.3) is 0 Å². The molecule has 0 bridgehead atoms. The maximum Gasteiger partial charge on any atom is 0.406 e. The molecule has 0 amide bonds. The molecule has 1 unspecified atom stereocenters. The van der Waals surface area contributed by atoms with E-state index in [2.05, 4.69) is 39.8 Å². The van der Waals surface area contributed by atoms with E-state index in [1.807, 2.05) is 42.5 Å². The molecule has 1 atom stereocenters. The number of hydrogen-bond acceptors (Lipinski definition) is 2. The van der Waals surface area contributed by atoms with Gasteiger partial charge in [0.05, 0.1) is 6.10 Å². The van der Waals surface area contributed by atoms with Crippen molar-refractivity contribution in [2.45, 2.75) is 33.8 Å². The zero-order chi connectivity index (χ0) is 15.3. The second-order valence-corrected chi connectivity index (χ2v) is 6.61.